The molecule has 0 spiro atoms. The molecule has 5 nitrogen and oxygen atoms in total. The lowest BCUT2D eigenvalue weighted by atomic mass is 10.2. The lowest BCUT2D eigenvalue weighted by Gasteiger charge is -2.35. The average molecular weight is 272 g/mol. The number of benzene rings is 1. The number of nitrogens with two attached hydrogens (primary N) is 1. The van der Waals surface area contributed by atoms with Crippen LogP contribution in [0.5, 0.6) is 0 Å². The second-order valence-electron chi connectivity index (χ2n) is 5.14. The fourth-order valence-electron chi connectivity index (χ4n) is 2.52. The Balaban J connectivity index is 1.64. The standard InChI is InChI=1S/C15H20N4O/c1-12-3-2-4-14(9-12)18-5-7-19(8-6-18)15-17-13(10-16)11-20-15/h2-4,9,11H,5-8,10,16H2,1H3. The van der Waals surface area contributed by atoms with E-state index in [9.17, 15) is 0 Å². The van der Waals surface area contributed by atoms with Crippen LogP contribution in [0.4, 0.5) is 11.7 Å². The second-order valence-corrected chi connectivity index (χ2v) is 5.14. The summed E-state index contributed by atoms with van der Waals surface area (Å²) in [7, 11) is 0. The molecule has 0 amide bonds. The van der Waals surface area contributed by atoms with Gasteiger partial charge in [0.15, 0.2) is 0 Å². The second kappa shape index (κ2) is 5.54. The molecular formula is C15H20N4O. The highest BCUT2D eigenvalue weighted by Gasteiger charge is 2.20. The van der Waals surface area contributed by atoms with E-state index in [4.69, 9.17) is 10.2 Å². The number of rotatable bonds is 3. The van der Waals surface area contributed by atoms with Gasteiger partial charge in [0.2, 0.25) is 0 Å². The van der Waals surface area contributed by atoms with Gasteiger partial charge in [-0.25, -0.2) is 0 Å². The summed E-state index contributed by atoms with van der Waals surface area (Å²) in [5.41, 5.74) is 8.95. The molecule has 0 radical (unpaired) electrons. The van der Waals surface area contributed by atoms with Gasteiger partial charge in [0, 0.05) is 38.4 Å². The predicted molar refractivity (Wildman–Crippen MR) is 80.0 cm³/mol. The summed E-state index contributed by atoms with van der Waals surface area (Å²) in [6.07, 6.45) is 1.64. The van der Waals surface area contributed by atoms with Crippen LogP contribution in [0.15, 0.2) is 34.9 Å². The molecule has 0 unspecified atom stereocenters. The first-order chi connectivity index (χ1) is 9.76. The Bertz CT molecular complexity index is 573. The normalized spacial score (nSPS) is 15.7. The summed E-state index contributed by atoms with van der Waals surface area (Å²) in [5, 5.41) is 0. The molecule has 0 aliphatic carbocycles. The number of aromatic nitrogens is 1. The summed E-state index contributed by atoms with van der Waals surface area (Å²) in [6, 6.07) is 9.32. The molecule has 1 saturated heterocycles. The van der Waals surface area contributed by atoms with Crippen molar-refractivity contribution in [1.29, 1.82) is 0 Å². The van der Waals surface area contributed by atoms with Gasteiger partial charge in [-0.1, -0.05) is 12.1 Å². The van der Waals surface area contributed by atoms with E-state index >= 15 is 0 Å². The van der Waals surface area contributed by atoms with Crippen molar-refractivity contribution in [3.05, 3.63) is 41.8 Å². The molecule has 0 atom stereocenters. The van der Waals surface area contributed by atoms with E-state index in [1.54, 1.807) is 6.26 Å². The maximum Gasteiger partial charge on any atom is 0.297 e. The third-order valence-electron chi connectivity index (χ3n) is 3.67. The van der Waals surface area contributed by atoms with Crippen LogP contribution in [0.1, 0.15) is 11.3 Å². The molecule has 1 aromatic heterocycles. The first-order valence-corrected chi connectivity index (χ1v) is 6.97. The summed E-state index contributed by atoms with van der Waals surface area (Å²) in [5.74, 6) is 0. The van der Waals surface area contributed by atoms with Crippen molar-refractivity contribution in [2.24, 2.45) is 5.73 Å². The number of nitrogens with zero attached hydrogens (tertiary/aromatic N) is 3. The molecule has 2 N–H and O–H groups in total. The van der Waals surface area contributed by atoms with Crippen LogP contribution in [0.25, 0.3) is 0 Å². The highest BCUT2D eigenvalue weighted by Crippen LogP contribution is 2.20. The fraction of sp³-hybridized carbons (Fsp3) is 0.400. The molecule has 0 saturated carbocycles. The summed E-state index contributed by atoms with van der Waals surface area (Å²) < 4.78 is 5.47. The SMILES string of the molecule is Cc1cccc(N2CCN(c3nc(CN)co3)CC2)c1. The Hall–Kier alpha value is -2.01. The maximum absolute atomic E-state index is 5.56. The van der Waals surface area contributed by atoms with Crippen LogP contribution in [0.2, 0.25) is 0 Å². The van der Waals surface area contributed by atoms with Gasteiger partial charge in [-0.15, -0.1) is 0 Å². The molecule has 0 bridgehead atoms. The molecule has 106 valence electrons. The minimum Gasteiger partial charge on any atom is -0.432 e. The first-order valence-electron chi connectivity index (χ1n) is 6.97. The van der Waals surface area contributed by atoms with Gasteiger partial charge in [-0.3, -0.25) is 0 Å². The Morgan fingerprint density at radius 1 is 1.20 bits per heavy atom. The number of oxazole rings is 1. The smallest absolute Gasteiger partial charge is 0.297 e. The molecule has 20 heavy (non-hydrogen) atoms. The van der Waals surface area contributed by atoms with Gasteiger partial charge >= 0.3 is 0 Å². The highest BCUT2D eigenvalue weighted by atomic mass is 16.4. The van der Waals surface area contributed by atoms with E-state index in [1.807, 2.05) is 0 Å². The van der Waals surface area contributed by atoms with E-state index in [2.05, 4.69) is 46.0 Å². The highest BCUT2D eigenvalue weighted by molar-refractivity contribution is 5.50. The quantitative estimate of drug-likeness (QED) is 0.922. The monoisotopic (exact) mass is 272 g/mol. The maximum atomic E-state index is 5.56. The largest absolute Gasteiger partial charge is 0.432 e. The summed E-state index contributed by atoms with van der Waals surface area (Å²) in [6.45, 7) is 6.33. The first kappa shape index (κ1) is 13.0. The molecule has 5 heteroatoms. The third kappa shape index (κ3) is 2.63. The number of piperazine rings is 1. The summed E-state index contributed by atoms with van der Waals surface area (Å²) >= 11 is 0. The zero-order chi connectivity index (χ0) is 13.9. The Morgan fingerprint density at radius 2 is 1.95 bits per heavy atom. The van der Waals surface area contributed by atoms with Crippen LogP contribution < -0.4 is 15.5 Å². The number of hydrogen-bond donors (Lipinski definition) is 1. The molecule has 2 aromatic rings. The van der Waals surface area contributed by atoms with E-state index in [-0.39, 0.29) is 0 Å². The topological polar surface area (TPSA) is 58.5 Å². The van der Waals surface area contributed by atoms with Crippen LogP contribution in [0, 0.1) is 6.92 Å². The zero-order valence-corrected chi connectivity index (χ0v) is 11.7. The van der Waals surface area contributed by atoms with Crippen molar-refractivity contribution in [1.82, 2.24) is 4.98 Å². The molecule has 1 aliphatic heterocycles. The van der Waals surface area contributed by atoms with E-state index in [0.29, 0.717) is 12.6 Å². The average Bonchev–Trinajstić information content (AvgIpc) is 2.96. The number of aryl methyl sites for hydroxylation is 1. The Morgan fingerprint density at radius 3 is 2.60 bits per heavy atom. The Kier molecular flexibility index (Phi) is 3.60. The van der Waals surface area contributed by atoms with Crippen LogP contribution in [-0.2, 0) is 6.54 Å². The van der Waals surface area contributed by atoms with Crippen molar-refractivity contribution in [3.8, 4) is 0 Å². The molecule has 1 fully saturated rings. The van der Waals surface area contributed by atoms with Gasteiger partial charge in [-0.05, 0) is 24.6 Å². The molecule has 2 heterocycles. The summed E-state index contributed by atoms with van der Waals surface area (Å²) in [4.78, 5) is 8.95. The zero-order valence-electron chi connectivity index (χ0n) is 11.7. The molecule has 1 aromatic carbocycles. The molecule has 3 rings (SSSR count). The predicted octanol–water partition coefficient (Wildman–Crippen LogP) is 1.77. The van der Waals surface area contributed by atoms with Gasteiger partial charge < -0.3 is 20.0 Å². The minimum absolute atomic E-state index is 0.423. The van der Waals surface area contributed by atoms with Crippen molar-refractivity contribution < 1.29 is 4.42 Å². The van der Waals surface area contributed by atoms with Crippen molar-refractivity contribution in [2.75, 3.05) is 36.0 Å². The van der Waals surface area contributed by atoms with Gasteiger partial charge in [0.1, 0.15) is 6.26 Å². The third-order valence-corrected chi connectivity index (χ3v) is 3.67. The van der Waals surface area contributed by atoms with Crippen molar-refractivity contribution in [2.45, 2.75) is 13.5 Å². The Labute approximate surface area is 119 Å². The van der Waals surface area contributed by atoms with Crippen LogP contribution >= 0.6 is 0 Å². The van der Waals surface area contributed by atoms with Gasteiger partial charge in [0.25, 0.3) is 6.01 Å². The fourth-order valence-corrected chi connectivity index (χ4v) is 2.52. The molecular weight excluding hydrogens is 252 g/mol. The van der Waals surface area contributed by atoms with Gasteiger partial charge in [-0.2, -0.15) is 4.98 Å². The minimum atomic E-state index is 0.423. The van der Waals surface area contributed by atoms with Crippen molar-refractivity contribution in [3.63, 3.8) is 0 Å². The van der Waals surface area contributed by atoms with E-state index in [1.165, 1.54) is 11.3 Å². The molecule has 1 aliphatic rings. The van der Waals surface area contributed by atoms with Crippen LogP contribution in [-0.4, -0.2) is 31.2 Å². The number of anilines is 2. The number of hydrogen-bond acceptors (Lipinski definition) is 5. The van der Waals surface area contributed by atoms with Crippen LogP contribution in [0.3, 0.4) is 0 Å². The lowest BCUT2D eigenvalue weighted by Crippen LogP contribution is -2.46. The van der Waals surface area contributed by atoms with Crippen molar-refractivity contribution >= 4 is 11.7 Å². The van der Waals surface area contributed by atoms with Gasteiger partial charge in [0.05, 0.1) is 5.69 Å². The van der Waals surface area contributed by atoms with E-state index < -0.39 is 0 Å². The van der Waals surface area contributed by atoms with E-state index in [0.717, 1.165) is 31.9 Å². The lowest BCUT2D eigenvalue weighted by molar-refractivity contribution is 0.516.